The van der Waals surface area contributed by atoms with Gasteiger partial charge in [-0.15, -0.1) is 0 Å². The normalized spacial score (nSPS) is 17.7. The highest BCUT2D eigenvalue weighted by Gasteiger charge is 2.35. The van der Waals surface area contributed by atoms with Crippen molar-refractivity contribution in [2.75, 3.05) is 6.61 Å². The minimum atomic E-state index is -0.765. The number of halogens is 1. The summed E-state index contributed by atoms with van der Waals surface area (Å²) in [5.41, 5.74) is -1.04. The summed E-state index contributed by atoms with van der Waals surface area (Å²) in [7, 11) is 0. The maximum Gasteiger partial charge on any atom is 0.258 e. The second-order valence-electron chi connectivity index (χ2n) is 4.73. The largest absolute Gasteiger partial charge is 0.507 e. The third-order valence-corrected chi connectivity index (χ3v) is 3.46. The summed E-state index contributed by atoms with van der Waals surface area (Å²) in [6.45, 7) is -0.173. The molecule has 18 heavy (non-hydrogen) atoms. The van der Waals surface area contributed by atoms with Crippen LogP contribution in [0.1, 0.15) is 36.0 Å². The lowest BCUT2D eigenvalue weighted by Crippen LogP contribution is -2.49. The number of hydrogen-bond acceptors (Lipinski definition) is 3. The molecule has 4 nitrogen and oxygen atoms in total. The quantitative estimate of drug-likeness (QED) is 0.765. The number of phenols is 1. The molecule has 3 N–H and O–H groups in total. The molecular formula is C13H16FNO3. The molecule has 1 fully saturated rings. The van der Waals surface area contributed by atoms with E-state index >= 15 is 0 Å². The van der Waals surface area contributed by atoms with Crippen molar-refractivity contribution in [1.29, 1.82) is 0 Å². The van der Waals surface area contributed by atoms with Crippen molar-refractivity contribution in [3.8, 4) is 5.75 Å². The number of phenolic OH excluding ortho intramolecular Hbond substituents is 1. The van der Waals surface area contributed by atoms with Crippen LogP contribution in [-0.2, 0) is 0 Å². The fourth-order valence-corrected chi connectivity index (χ4v) is 2.42. The van der Waals surface area contributed by atoms with Gasteiger partial charge < -0.3 is 15.5 Å². The van der Waals surface area contributed by atoms with Crippen LogP contribution < -0.4 is 5.32 Å². The summed E-state index contributed by atoms with van der Waals surface area (Å²) >= 11 is 0. The van der Waals surface area contributed by atoms with E-state index in [0.717, 1.165) is 18.9 Å². The smallest absolute Gasteiger partial charge is 0.258 e. The van der Waals surface area contributed by atoms with Crippen LogP contribution in [0, 0.1) is 5.82 Å². The van der Waals surface area contributed by atoms with E-state index in [1.165, 1.54) is 12.1 Å². The SMILES string of the molecule is O=C(NC1(CO)CCCC1)c1c(O)cccc1F. The van der Waals surface area contributed by atoms with Gasteiger partial charge in [-0.1, -0.05) is 18.9 Å². The molecule has 1 saturated carbocycles. The van der Waals surface area contributed by atoms with Gasteiger partial charge in [0.25, 0.3) is 5.91 Å². The van der Waals surface area contributed by atoms with Gasteiger partial charge in [0.15, 0.2) is 0 Å². The number of carbonyl (C=O) groups excluding carboxylic acids is 1. The molecular weight excluding hydrogens is 237 g/mol. The molecule has 98 valence electrons. The third kappa shape index (κ3) is 2.31. The summed E-state index contributed by atoms with van der Waals surface area (Å²) in [6.07, 6.45) is 3.18. The van der Waals surface area contributed by atoms with Crippen LogP contribution in [0.2, 0.25) is 0 Å². The first-order valence-electron chi connectivity index (χ1n) is 5.99. The van der Waals surface area contributed by atoms with Crippen LogP contribution in [0.25, 0.3) is 0 Å². The highest BCUT2D eigenvalue weighted by Crippen LogP contribution is 2.30. The zero-order chi connectivity index (χ0) is 13.2. The fraction of sp³-hybridized carbons (Fsp3) is 0.462. The van der Waals surface area contributed by atoms with Crippen LogP contribution in [0.5, 0.6) is 5.75 Å². The molecule has 5 heteroatoms. The van der Waals surface area contributed by atoms with Crippen molar-refractivity contribution in [3.63, 3.8) is 0 Å². The molecule has 0 aromatic heterocycles. The van der Waals surface area contributed by atoms with Gasteiger partial charge in [0.2, 0.25) is 0 Å². The van der Waals surface area contributed by atoms with Crippen molar-refractivity contribution >= 4 is 5.91 Å². The number of hydrogen-bond donors (Lipinski definition) is 3. The molecule has 0 bridgehead atoms. The summed E-state index contributed by atoms with van der Waals surface area (Å²) in [5.74, 6) is -1.83. The highest BCUT2D eigenvalue weighted by atomic mass is 19.1. The van der Waals surface area contributed by atoms with E-state index in [0.29, 0.717) is 12.8 Å². The molecule has 0 spiro atoms. The molecule has 1 aromatic rings. The Balaban J connectivity index is 2.22. The number of aliphatic hydroxyl groups is 1. The summed E-state index contributed by atoms with van der Waals surface area (Å²) in [4.78, 5) is 12.0. The van der Waals surface area contributed by atoms with Gasteiger partial charge in [0.05, 0.1) is 12.1 Å². The molecule has 0 heterocycles. The lowest BCUT2D eigenvalue weighted by molar-refractivity contribution is 0.0831. The molecule has 0 unspecified atom stereocenters. The van der Waals surface area contributed by atoms with Gasteiger partial charge in [-0.05, 0) is 25.0 Å². The minimum Gasteiger partial charge on any atom is -0.507 e. The average Bonchev–Trinajstić information content (AvgIpc) is 2.78. The van der Waals surface area contributed by atoms with Crippen LogP contribution in [-0.4, -0.2) is 28.3 Å². The van der Waals surface area contributed by atoms with Gasteiger partial charge in [0, 0.05) is 0 Å². The number of amides is 1. The Labute approximate surface area is 104 Å². The number of benzene rings is 1. The summed E-state index contributed by atoms with van der Waals surface area (Å²) < 4.78 is 13.5. The topological polar surface area (TPSA) is 69.6 Å². The van der Waals surface area contributed by atoms with Gasteiger partial charge in [-0.25, -0.2) is 4.39 Å². The first-order chi connectivity index (χ1) is 8.58. The number of carbonyl (C=O) groups is 1. The monoisotopic (exact) mass is 253 g/mol. The third-order valence-electron chi connectivity index (χ3n) is 3.46. The van der Waals surface area contributed by atoms with Crippen LogP contribution in [0.4, 0.5) is 4.39 Å². The van der Waals surface area contributed by atoms with Gasteiger partial charge in [-0.2, -0.15) is 0 Å². The second-order valence-corrected chi connectivity index (χ2v) is 4.73. The van der Waals surface area contributed by atoms with E-state index in [-0.39, 0.29) is 12.2 Å². The lowest BCUT2D eigenvalue weighted by Gasteiger charge is -2.28. The van der Waals surface area contributed by atoms with E-state index in [4.69, 9.17) is 0 Å². The van der Waals surface area contributed by atoms with E-state index in [1.54, 1.807) is 0 Å². The number of rotatable bonds is 3. The van der Waals surface area contributed by atoms with E-state index < -0.39 is 23.0 Å². The Kier molecular flexibility index (Phi) is 3.52. The molecule has 1 aliphatic carbocycles. The summed E-state index contributed by atoms with van der Waals surface area (Å²) in [5, 5.41) is 21.6. The molecule has 1 aromatic carbocycles. The Morgan fingerprint density at radius 2 is 2.06 bits per heavy atom. The molecule has 0 aliphatic heterocycles. The van der Waals surface area contributed by atoms with E-state index in [1.807, 2.05) is 0 Å². The van der Waals surface area contributed by atoms with Gasteiger partial charge in [0.1, 0.15) is 17.1 Å². The van der Waals surface area contributed by atoms with Crippen LogP contribution in [0.15, 0.2) is 18.2 Å². The number of aromatic hydroxyl groups is 1. The maximum atomic E-state index is 13.5. The van der Waals surface area contributed by atoms with Crippen molar-refractivity contribution < 1.29 is 19.4 Å². The van der Waals surface area contributed by atoms with Crippen LogP contribution in [0.3, 0.4) is 0 Å². The average molecular weight is 253 g/mol. The predicted octanol–water partition coefficient (Wildman–Crippen LogP) is 1.57. The molecule has 1 aliphatic rings. The Morgan fingerprint density at radius 3 is 2.61 bits per heavy atom. The number of nitrogens with one attached hydrogen (secondary N) is 1. The molecule has 0 radical (unpaired) electrons. The van der Waals surface area contributed by atoms with Gasteiger partial charge in [-0.3, -0.25) is 4.79 Å². The predicted molar refractivity (Wildman–Crippen MR) is 63.8 cm³/mol. The number of aliphatic hydroxyl groups excluding tert-OH is 1. The molecule has 2 rings (SSSR count). The zero-order valence-corrected chi connectivity index (χ0v) is 9.95. The standard InChI is InChI=1S/C13H16FNO3/c14-9-4-3-5-10(17)11(9)12(18)15-13(8-16)6-1-2-7-13/h3-5,16-17H,1-2,6-8H2,(H,15,18). The first-order valence-corrected chi connectivity index (χ1v) is 5.99. The fourth-order valence-electron chi connectivity index (χ4n) is 2.42. The maximum absolute atomic E-state index is 13.5. The molecule has 0 saturated heterocycles. The Hall–Kier alpha value is -1.62. The van der Waals surface area contributed by atoms with Crippen LogP contribution >= 0.6 is 0 Å². The van der Waals surface area contributed by atoms with E-state index in [2.05, 4.69) is 5.32 Å². The first kappa shape index (κ1) is 12.8. The van der Waals surface area contributed by atoms with Crippen molar-refractivity contribution in [2.45, 2.75) is 31.2 Å². The van der Waals surface area contributed by atoms with Crippen molar-refractivity contribution in [1.82, 2.24) is 5.32 Å². The molecule has 0 atom stereocenters. The van der Waals surface area contributed by atoms with Crippen molar-refractivity contribution in [2.24, 2.45) is 0 Å². The van der Waals surface area contributed by atoms with Crippen molar-refractivity contribution in [3.05, 3.63) is 29.6 Å². The second kappa shape index (κ2) is 4.94. The van der Waals surface area contributed by atoms with E-state index in [9.17, 15) is 19.4 Å². The highest BCUT2D eigenvalue weighted by molar-refractivity contribution is 5.97. The minimum absolute atomic E-state index is 0.173. The Morgan fingerprint density at radius 1 is 1.39 bits per heavy atom. The molecule has 1 amide bonds. The zero-order valence-electron chi connectivity index (χ0n) is 9.95. The van der Waals surface area contributed by atoms with Gasteiger partial charge >= 0.3 is 0 Å². The lowest BCUT2D eigenvalue weighted by atomic mass is 9.98. The summed E-state index contributed by atoms with van der Waals surface area (Å²) in [6, 6.07) is 3.71. The Bertz CT molecular complexity index is 435.